The summed E-state index contributed by atoms with van der Waals surface area (Å²) in [6.45, 7) is 1.96. The third-order valence-corrected chi connectivity index (χ3v) is 4.18. The Morgan fingerprint density at radius 3 is 2.68 bits per heavy atom. The number of carbonyl (C=O) groups is 2. The van der Waals surface area contributed by atoms with Gasteiger partial charge in [-0.05, 0) is 18.6 Å². The van der Waals surface area contributed by atoms with Crippen molar-refractivity contribution in [3.05, 3.63) is 40.9 Å². The second-order valence-corrected chi connectivity index (χ2v) is 5.40. The number of anilines is 1. The molecule has 1 aliphatic rings. The molecule has 1 heterocycles. The first kappa shape index (κ1) is 13.7. The monoisotopic (exact) mass is 276 g/mol. The molecule has 0 N–H and O–H groups in total. The zero-order valence-corrected chi connectivity index (χ0v) is 12.0. The molecule has 100 valence electrons. The number of rotatable bonds is 2. The summed E-state index contributed by atoms with van der Waals surface area (Å²) < 4.78 is 0. The summed E-state index contributed by atoms with van der Waals surface area (Å²) in [6.07, 6.45) is 1.52. The third-order valence-electron chi connectivity index (χ3n) is 3.10. The Kier molecular flexibility index (Phi) is 3.95. The lowest BCUT2D eigenvalue weighted by Gasteiger charge is -2.18. The number of carbonyl (C=O) groups excluding carboxylic acids is 2. The number of hydrogen-bond acceptors (Lipinski definition) is 3. The lowest BCUT2D eigenvalue weighted by molar-refractivity contribution is -0.124. The van der Waals surface area contributed by atoms with Crippen molar-refractivity contribution in [2.45, 2.75) is 6.92 Å². The minimum absolute atomic E-state index is 0.0302. The van der Waals surface area contributed by atoms with Gasteiger partial charge in [0.25, 0.3) is 5.91 Å². The molecule has 1 fully saturated rings. The number of thioether (sulfide) groups is 1. The maximum Gasteiger partial charge on any atom is 0.253 e. The second kappa shape index (κ2) is 5.48. The van der Waals surface area contributed by atoms with E-state index in [-0.39, 0.29) is 11.8 Å². The molecule has 0 unspecified atom stereocenters. The molecule has 19 heavy (non-hydrogen) atoms. The summed E-state index contributed by atoms with van der Waals surface area (Å²) in [5.41, 5.74) is 1.92. The Balaban J connectivity index is 2.19. The maximum absolute atomic E-state index is 12.2. The Morgan fingerprint density at radius 1 is 1.42 bits per heavy atom. The highest BCUT2D eigenvalue weighted by molar-refractivity contribution is 8.04. The van der Waals surface area contributed by atoms with Gasteiger partial charge in [0.2, 0.25) is 5.91 Å². The van der Waals surface area contributed by atoms with Crippen LogP contribution in [0.25, 0.3) is 0 Å². The molecule has 0 bridgehead atoms. The fraction of sp³-hybridized carbons (Fsp3) is 0.286. The fourth-order valence-electron chi connectivity index (χ4n) is 1.85. The van der Waals surface area contributed by atoms with E-state index < -0.39 is 0 Å². The zero-order valence-electron chi connectivity index (χ0n) is 11.2. The first-order valence-corrected chi connectivity index (χ1v) is 6.93. The van der Waals surface area contributed by atoms with E-state index in [1.165, 1.54) is 22.7 Å². The summed E-state index contributed by atoms with van der Waals surface area (Å²) >= 11 is 1.39. The number of benzene rings is 1. The Morgan fingerprint density at radius 2 is 2.11 bits per heavy atom. The van der Waals surface area contributed by atoms with Gasteiger partial charge >= 0.3 is 0 Å². The Labute approximate surface area is 117 Å². The minimum atomic E-state index is -0.127. The molecule has 2 amide bonds. The topological polar surface area (TPSA) is 40.6 Å². The van der Waals surface area contributed by atoms with Crippen molar-refractivity contribution in [2.75, 3.05) is 24.7 Å². The molecule has 1 aromatic carbocycles. The molecule has 5 heteroatoms. The summed E-state index contributed by atoms with van der Waals surface area (Å²) in [6, 6.07) is 7.71. The van der Waals surface area contributed by atoms with Crippen LogP contribution >= 0.6 is 11.8 Å². The molecule has 0 spiro atoms. The zero-order chi connectivity index (χ0) is 14.0. The van der Waals surface area contributed by atoms with Crippen LogP contribution in [0.3, 0.4) is 0 Å². The number of likely N-dealkylation sites (N-methyl/N-ethyl adjacent to an activating group) is 1. The van der Waals surface area contributed by atoms with E-state index in [1.807, 2.05) is 31.2 Å². The van der Waals surface area contributed by atoms with E-state index in [2.05, 4.69) is 0 Å². The largest absolute Gasteiger partial charge is 0.312 e. The predicted molar refractivity (Wildman–Crippen MR) is 77.9 cm³/mol. The molecule has 0 aromatic heterocycles. The van der Waals surface area contributed by atoms with E-state index in [0.717, 1.165) is 11.3 Å². The highest BCUT2D eigenvalue weighted by atomic mass is 32.2. The number of amides is 2. The van der Waals surface area contributed by atoms with Crippen LogP contribution in [0.2, 0.25) is 0 Å². The predicted octanol–water partition coefficient (Wildman–Crippen LogP) is 2.00. The van der Waals surface area contributed by atoms with Gasteiger partial charge in [-0.2, -0.15) is 0 Å². The van der Waals surface area contributed by atoms with Crippen LogP contribution in [0.1, 0.15) is 5.56 Å². The molecular formula is C14H16N2O2S. The summed E-state index contributed by atoms with van der Waals surface area (Å²) in [5.74, 6) is 0.310. The van der Waals surface area contributed by atoms with Crippen LogP contribution in [0, 0.1) is 6.92 Å². The highest BCUT2D eigenvalue weighted by Gasteiger charge is 2.24. The minimum Gasteiger partial charge on any atom is -0.312 e. The summed E-state index contributed by atoms with van der Waals surface area (Å²) in [4.78, 5) is 26.7. The molecule has 1 saturated heterocycles. The molecule has 1 aliphatic heterocycles. The van der Waals surface area contributed by atoms with E-state index in [0.29, 0.717) is 10.8 Å². The summed E-state index contributed by atoms with van der Waals surface area (Å²) in [5, 5.41) is 0.704. The fourth-order valence-corrected chi connectivity index (χ4v) is 2.80. The van der Waals surface area contributed by atoms with E-state index in [1.54, 1.807) is 19.0 Å². The Hall–Kier alpha value is -1.75. The SMILES string of the molecule is Cc1ccccc1N(C)C(=O)C=C1SCC(=O)N1C. The lowest BCUT2D eigenvalue weighted by Crippen LogP contribution is -2.26. The molecule has 1 aromatic rings. The van der Waals surface area contributed by atoms with Crippen molar-refractivity contribution in [2.24, 2.45) is 0 Å². The lowest BCUT2D eigenvalue weighted by atomic mass is 10.2. The van der Waals surface area contributed by atoms with Gasteiger partial charge in [0.05, 0.1) is 10.8 Å². The van der Waals surface area contributed by atoms with Crippen LogP contribution in [-0.2, 0) is 9.59 Å². The first-order valence-electron chi connectivity index (χ1n) is 5.95. The van der Waals surface area contributed by atoms with Gasteiger partial charge < -0.3 is 9.80 Å². The number of hydrogen-bond donors (Lipinski definition) is 0. The second-order valence-electron chi connectivity index (χ2n) is 4.41. The number of nitrogens with zero attached hydrogens (tertiary/aromatic N) is 2. The van der Waals surface area contributed by atoms with E-state index in [9.17, 15) is 9.59 Å². The van der Waals surface area contributed by atoms with Gasteiger partial charge in [-0.25, -0.2) is 0 Å². The van der Waals surface area contributed by atoms with E-state index >= 15 is 0 Å². The van der Waals surface area contributed by atoms with Gasteiger partial charge in [-0.15, -0.1) is 0 Å². The van der Waals surface area contributed by atoms with Crippen molar-refractivity contribution >= 4 is 29.3 Å². The van der Waals surface area contributed by atoms with Gasteiger partial charge in [0.1, 0.15) is 0 Å². The smallest absolute Gasteiger partial charge is 0.253 e. The van der Waals surface area contributed by atoms with Crippen LogP contribution in [-0.4, -0.2) is 36.6 Å². The van der Waals surface area contributed by atoms with Gasteiger partial charge in [0, 0.05) is 25.9 Å². The summed E-state index contributed by atoms with van der Waals surface area (Å²) in [7, 11) is 3.43. The van der Waals surface area contributed by atoms with E-state index in [4.69, 9.17) is 0 Å². The van der Waals surface area contributed by atoms with Gasteiger partial charge in [0.15, 0.2) is 0 Å². The van der Waals surface area contributed by atoms with Crippen LogP contribution < -0.4 is 4.90 Å². The normalized spacial score (nSPS) is 17.1. The molecule has 0 atom stereocenters. The quantitative estimate of drug-likeness (QED) is 0.776. The molecule has 4 nitrogen and oxygen atoms in total. The standard InChI is InChI=1S/C14H16N2O2S/c1-10-6-4-5-7-11(10)15(2)12(17)8-14-16(3)13(18)9-19-14/h4-8H,9H2,1-3H3. The molecule has 0 aliphatic carbocycles. The molecular weight excluding hydrogens is 260 g/mol. The van der Waals surface area contributed by atoms with Crippen molar-refractivity contribution in [3.63, 3.8) is 0 Å². The van der Waals surface area contributed by atoms with Crippen molar-refractivity contribution in [1.82, 2.24) is 4.90 Å². The van der Waals surface area contributed by atoms with Crippen LogP contribution in [0.5, 0.6) is 0 Å². The van der Waals surface area contributed by atoms with Gasteiger partial charge in [-0.1, -0.05) is 30.0 Å². The van der Waals surface area contributed by atoms with Crippen LogP contribution in [0.4, 0.5) is 5.69 Å². The number of para-hydroxylation sites is 1. The maximum atomic E-state index is 12.2. The van der Waals surface area contributed by atoms with Crippen LogP contribution in [0.15, 0.2) is 35.4 Å². The number of aryl methyl sites for hydroxylation is 1. The van der Waals surface area contributed by atoms with Gasteiger partial charge in [-0.3, -0.25) is 9.59 Å². The third kappa shape index (κ3) is 2.81. The highest BCUT2D eigenvalue weighted by Crippen LogP contribution is 2.27. The molecule has 0 radical (unpaired) electrons. The van der Waals surface area contributed by atoms with Crippen molar-refractivity contribution in [3.8, 4) is 0 Å². The molecule has 2 rings (SSSR count). The van der Waals surface area contributed by atoms with Crippen molar-refractivity contribution in [1.29, 1.82) is 0 Å². The van der Waals surface area contributed by atoms with Crippen molar-refractivity contribution < 1.29 is 9.59 Å². The average Bonchev–Trinajstić information content (AvgIpc) is 2.70. The Bertz CT molecular complexity index is 554. The first-order chi connectivity index (χ1) is 9.00. The average molecular weight is 276 g/mol. The molecule has 0 saturated carbocycles.